The maximum Gasteiger partial charge on any atom is 0.210 e. The molecule has 0 fully saturated rings. The average molecular weight is 426 g/mol. The number of nitrogens with zero attached hydrogens (tertiary/aromatic N) is 3. The molecule has 3 N–H and O–H groups in total. The number of aryl methyl sites for hydroxylation is 1. The molecule has 158 valence electrons. The fraction of sp³-hybridized carbons (Fsp3) is 0.364. The lowest BCUT2D eigenvalue weighted by atomic mass is 10.2. The maximum atomic E-state index is 5.75. The highest BCUT2D eigenvalue weighted by Crippen LogP contribution is 2.12. The van der Waals surface area contributed by atoms with Crippen molar-refractivity contribution in [2.75, 3.05) is 25.4 Å². The predicted molar refractivity (Wildman–Crippen MR) is 119 cm³/mol. The Labute approximate surface area is 181 Å². The van der Waals surface area contributed by atoms with Crippen molar-refractivity contribution in [3.8, 4) is 17.6 Å². The number of rotatable bonds is 11. The van der Waals surface area contributed by atoms with E-state index in [0.29, 0.717) is 18.9 Å². The minimum absolute atomic E-state index is 0.545. The monoisotopic (exact) mass is 425 g/mol. The van der Waals surface area contributed by atoms with Gasteiger partial charge in [0.25, 0.3) is 0 Å². The molecule has 0 saturated heterocycles. The van der Waals surface area contributed by atoms with Gasteiger partial charge in [-0.25, -0.2) is 4.98 Å². The van der Waals surface area contributed by atoms with Crippen molar-refractivity contribution in [1.29, 1.82) is 0 Å². The van der Waals surface area contributed by atoms with E-state index in [1.807, 2.05) is 36.5 Å². The summed E-state index contributed by atoms with van der Waals surface area (Å²) in [6.45, 7) is 5.22. The van der Waals surface area contributed by atoms with Crippen LogP contribution >= 0.6 is 11.9 Å². The molecule has 3 aromatic rings. The van der Waals surface area contributed by atoms with Crippen LogP contribution in [0, 0.1) is 11.8 Å². The van der Waals surface area contributed by atoms with E-state index in [0.717, 1.165) is 54.5 Å². The molecule has 0 atom stereocenters. The summed E-state index contributed by atoms with van der Waals surface area (Å²) in [6, 6.07) is 9.61. The highest BCUT2D eigenvalue weighted by molar-refractivity contribution is 7.97. The van der Waals surface area contributed by atoms with Crippen LogP contribution < -0.4 is 15.2 Å². The summed E-state index contributed by atoms with van der Waals surface area (Å²) in [5.41, 5.74) is 1.72. The summed E-state index contributed by atoms with van der Waals surface area (Å²) >= 11 is 1.35. The summed E-state index contributed by atoms with van der Waals surface area (Å²) in [7, 11) is 0. The van der Waals surface area contributed by atoms with Crippen LogP contribution in [-0.4, -0.2) is 40.2 Å². The van der Waals surface area contributed by atoms with Gasteiger partial charge in [-0.05, 0) is 43.2 Å². The highest BCUT2D eigenvalue weighted by atomic mass is 32.2. The molecule has 8 heteroatoms. The molecule has 0 aliphatic rings. The van der Waals surface area contributed by atoms with Crippen LogP contribution in [0.5, 0.6) is 5.75 Å². The van der Waals surface area contributed by atoms with Gasteiger partial charge in [-0.3, -0.25) is 5.14 Å². The van der Waals surface area contributed by atoms with Crippen LogP contribution in [0.15, 0.2) is 47.2 Å². The zero-order chi connectivity index (χ0) is 21.0. The van der Waals surface area contributed by atoms with Crippen molar-refractivity contribution in [2.45, 2.75) is 26.3 Å². The molecule has 0 saturated carbocycles. The van der Waals surface area contributed by atoms with Crippen LogP contribution in [0.25, 0.3) is 0 Å². The van der Waals surface area contributed by atoms with Gasteiger partial charge in [-0.1, -0.05) is 29.9 Å². The minimum atomic E-state index is 0.545. The number of hydrogen-bond acceptors (Lipinski definition) is 7. The molecule has 2 heterocycles. The van der Waals surface area contributed by atoms with E-state index < -0.39 is 0 Å². The quantitative estimate of drug-likeness (QED) is 0.277. The number of nitrogens with two attached hydrogens (primary N) is 1. The largest absolute Gasteiger partial charge is 0.494 e. The van der Waals surface area contributed by atoms with Crippen molar-refractivity contribution < 1.29 is 9.26 Å². The van der Waals surface area contributed by atoms with E-state index in [9.17, 15) is 0 Å². The van der Waals surface area contributed by atoms with Crippen molar-refractivity contribution in [2.24, 2.45) is 5.14 Å². The molecule has 0 amide bonds. The van der Waals surface area contributed by atoms with Gasteiger partial charge < -0.3 is 19.1 Å². The molecular formula is C22H27N5O2S. The minimum Gasteiger partial charge on any atom is -0.494 e. The van der Waals surface area contributed by atoms with Crippen molar-refractivity contribution in [1.82, 2.24) is 20.0 Å². The Morgan fingerprint density at radius 3 is 2.90 bits per heavy atom. The molecule has 0 aliphatic carbocycles. The van der Waals surface area contributed by atoms with Gasteiger partial charge in [0.1, 0.15) is 17.3 Å². The molecule has 3 rings (SSSR count). The second kappa shape index (κ2) is 12.1. The Morgan fingerprint density at radius 2 is 2.10 bits per heavy atom. The van der Waals surface area contributed by atoms with E-state index >= 15 is 0 Å². The first-order chi connectivity index (χ1) is 14.8. The first-order valence-corrected chi connectivity index (χ1v) is 11.1. The third-order valence-electron chi connectivity index (χ3n) is 4.36. The van der Waals surface area contributed by atoms with Gasteiger partial charge in [0, 0.05) is 42.7 Å². The number of aromatic nitrogens is 3. The first-order valence-electron chi connectivity index (χ1n) is 10.0. The molecule has 0 spiro atoms. The molecule has 7 nitrogen and oxygen atoms in total. The Morgan fingerprint density at radius 1 is 1.23 bits per heavy atom. The fourth-order valence-corrected chi connectivity index (χ4v) is 3.09. The molecule has 30 heavy (non-hydrogen) atoms. The molecular weight excluding hydrogens is 398 g/mol. The SMILES string of the molecule is CCc1nccn1Cc1cc(C#Cc2ccc(OCCCNCCSN)cc2)on1. The van der Waals surface area contributed by atoms with Crippen LogP contribution in [0.1, 0.15) is 36.2 Å². The molecule has 2 aromatic heterocycles. The standard InChI is InChI=1S/C22H27N5O2S/c1-2-22-25-11-13-27(22)17-19-16-21(29-26-19)9-6-18-4-7-20(8-5-18)28-14-3-10-24-12-15-30-23/h4-5,7-8,11,13,16,24H,2-3,10,12,14-15,17,23H2,1H3. The highest BCUT2D eigenvalue weighted by Gasteiger charge is 2.06. The average Bonchev–Trinajstić information content (AvgIpc) is 3.42. The predicted octanol–water partition coefficient (Wildman–Crippen LogP) is 2.85. The molecule has 0 aliphatic heterocycles. The molecule has 0 radical (unpaired) electrons. The third kappa shape index (κ3) is 6.95. The maximum absolute atomic E-state index is 5.75. The van der Waals surface area contributed by atoms with Crippen LogP contribution in [0.2, 0.25) is 0 Å². The lowest BCUT2D eigenvalue weighted by Gasteiger charge is -2.06. The molecule has 0 unspecified atom stereocenters. The molecule has 1 aromatic carbocycles. The number of nitrogens with one attached hydrogen (secondary N) is 1. The Balaban J connectivity index is 1.45. The zero-order valence-corrected chi connectivity index (χ0v) is 18.0. The van der Waals surface area contributed by atoms with Gasteiger partial charge in [-0.15, -0.1) is 0 Å². The second-order valence-electron chi connectivity index (χ2n) is 6.60. The summed E-state index contributed by atoms with van der Waals surface area (Å²) in [4.78, 5) is 4.32. The van der Waals surface area contributed by atoms with Crippen molar-refractivity contribution in [3.63, 3.8) is 0 Å². The third-order valence-corrected chi connectivity index (χ3v) is 4.80. The van der Waals surface area contributed by atoms with Gasteiger partial charge in [0.05, 0.1) is 13.2 Å². The van der Waals surface area contributed by atoms with Gasteiger partial charge in [-0.2, -0.15) is 0 Å². The van der Waals surface area contributed by atoms with E-state index in [4.69, 9.17) is 14.4 Å². The van der Waals surface area contributed by atoms with Crippen LogP contribution in [-0.2, 0) is 13.0 Å². The zero-order valence-electron chi connectivity index (χ0n) is 17.1. The normalized spacial score (nSPS) is 10.6. The number of hydrogen-bond donors (Lipinski definition) is 2. The second-order valence-corrected chi connectivity index (χ2v) is 7.35. The van der Waals surface area contributed by atoms with Crippen LogP contribution in [0.4, 0.5) is 0 Å². The molecule has 0 bridgehead atoms. The number of imidazole rings is 1. The van der Waals surface area contributed by atoms with Gasteiger partial charge in [0.15, 0.2) is 0 Å². The lowest BCUT2D eigenvalue weighted by molar-refractivity contribution is 0.309. The van der Waals surface area contributed by atoms with Crippen molar-refractivity contribution >= 4 is 11.9 Å². The van der Waals surface area contributed by atoms with Crippen LogP contribution in [0.3, 0.4) is 0 Å². The Hall–Kier alpha value is -2.73. The van der Waals surface area contributed by atoms with Gasteiger partial charge in [0.2, 0.25) is 5.76 Å². The first kappa shape index (κ1) is 22.0. The Bertz CT molecular complexity index is 956. The number of benzene rings is 1. The lowest BCUT2D eigenvalue weighted by Crippen LogP contribution is -2.20. The fourth-order valence-electron chi connectivity index (χ4n) is 2.83. The van der Waals surface area contributed by atoms with E-state index in [1.165, 1.54) is 11.9 Å². The summed E-state index contributed by atoms with van der Waals surface area (Å²) < 4.78 is 13.1. The summed E-state index contributed by atoms with van der Waals surface area (Å²) in [5.74, 6) is 9.45. The van der Waals surface area contributed by atoms with E-state index in [1.54, 1.807) is 6.20 Å². The smallest absolute Gasteiger partial charge is 0.210 e. The van der Waals surface area contributed by atoms with Crippen molar-refractivity contribution in [3.05, 3.63) is 65.6 Å². The van der Waals surface area contributed by atoms with Gasteiger partial charge >= 0.3 is 0 Å². The topological polar surface area (TPSA) is 91.1 Å². The van der Waals surface area contributed by atoms with E-state index in [-0.39, 0.29) is 0 Å². The summed E-state index contributed by atoms with van der Waals surface area (Å²) in [5, 5.41) is 12.8. The van der Waals surface area contributed by atoms with E-state index in [2.05, 4.69) is 38.8 Å². The number of ether oxygens (including phenoxy) is 1. The summed E-state index contributed by atoms with van der Waals surface area (Å²) in [6.07, 6.45) is 5.57. The Kier molecular flexibility index (Phi) is 8.84.